The first-order chi connectivity index (χ1) is 7.49. The number of rotatable bonds is 4. The van der Waals surface area contributed by atoms with E-state index >= 15 is 0 Å². The Hall–Kier alpha value is -0.390. The van der Waals surface area contributed by atoms with Crippen LogP contribution in [0.25, 0.3) is 0 Å². The summed E-state index contributed by atoms with van der Waals surface area (Å²) in [6.45, 7) is 1.89. The summed E-state index contributed by atoms with van der Waals surface area (Å²) in [5, 5.41) is 2.83. The second-order valence-corrected chi connectivity index (χ2v) is 5.46. The van der Waals surface area contributed by atoms with E-state index in [1.54, 1.807) is 0 Å². The van der Waals surface area contributed by atoms with Crippen molar-refractivity contribution in [2.45, 2.75) is 25.8 Å². The number of amides is 1. The minimum atomic E-state index is -0.0136. The molecule has 0 fully saturated rings. The van der Waals surface area contributed by atoms with E-state index in [-0.39, 0.29) is 11.9 Å². The summed E-state index contributed by atoms with van der Waals surface area (Å²) in [6.07, 6.45) is 1.14. The minimum Gasteiger partial charge on any atom is -0.328 e. The van der Waals surface area contributed by atoms with Crippen LogP contribution in [0.1, 0.15) is 19.8 Å². The lowest BCUT2D eigenvalue weighted by Crippen LogP contribution is -2.19. The fourth-order valence-electron chi connectivity index (χ4n) is 1.16. The molecule has 0 heterocycles. The average molecular weight is 350 g/mol. The zero-order valence-corrected chi connectivity index (χ0v) is 12.1. The molecule has 0 spiro atoms. The van der Waals surface area contributed by atoms with Gasteiger partial charge in [-0.25, -0.2) is 0 Å². The molecule has 0 radical (unpaired) electrons. The van der Waals surface area contributed by atoms with Gasteiger partial charge >= 0.3 is 0 Å². The molecule has 0 saturated carbocycles. The van der Waals surface area contributed by atoms with E-state index in [1.165, 1.54) is 0 Å². The predicted molar refractivity (Wildman–Crippen MR) is 73.4 cm³/mol. The number of nitrogens with one attached hydrogen (secondary N) is 1. The largest absolute Gasteiger partial charge is 0.328 e. The fraction of sp³-hybridized carbons (Fsp3) is 0.364. The molecule has 1 unspecified atom stereocenters. The first-order valence-corrected chi connectivity index (χ1v) is 6.58. The van der Waals surface area contributed by atoms with Crippen molar-refractivity contribution < 1.29 is 4.79 Å². The van der Waals surface area contributed by atoms with Gasteiger partial charge in [-0.3, -0.25) is 4.79 Å². The van der Waals surface area contributed by atoms with Gasteiger partial charge in [-0.2, -0.15) is 0 Å². The number of benzene rings is 1. The number of nitrogens with two attached hydrogens (primary N) is 1. The third-order valence-electron chi connectivity index (χ3n) is 2.03. The first-order valence-electron chi connectivity index (χ1n) is 4.99. The van der Waals surface area contributed by atoms with Crippen molar-refractivity contribution in [1.29, 1.82) is 0 Å². The van der Waals surface area contributed by atoms with Gasteiger partial charge in [-0.15, -0.1) is 0 Å². The molecule has 0 saturated heterocycles. The van der Waals surface area contributed by atoms with Crippen LogP contribution < -0.4 is 11.1 Å². The Bertz CT molecular complexity index is 380. The SMILES string of the molecule is CC(N)CCC(=O)Nc1ccc(Br)cc1Br. The second kappa shape index (κ2) is 6.37. The third-order valence-corrected chi connectivity index (χ3v) is 3.18. The van der Waals surface area contributed by atoms with Gasteiger partial charge in [-0.1, -0.05) is 15.9 Å². The first kappa shape index (κ1) is 13.7. The molecule has 1 aromatic carbocycles. The zero-order chi connectivity index (χ0) is 12.1. The molecule has 88 valence electrons. The van der Waals surface area contributed by atoms with Crippen molar-refractivity contribution in [1.82, 2.24) is 0 Å². The van der Waals surface area contributed by atoms with E-state index in [0.717, 1.165) is 14.6 Å². The van der Waals surface area contributed by atoms with Crippen LogP contribution >= 0.6 is 31.9 Å². The van der Waals surface area contributed by atoms with Crippen LogP contribution in [0.4, 0.5) is 5.69 Å². The van der Waals surface area contributed by atoms with Crippen LogP contribution in [-0.4, -0.2) is 11.9 Å². The summed E-state index contributed by atoms with van der Waals surface area (Å²) in [4.78, 5) is 11.6. The number of hydrogen-bond acceptors (Lipinski definition) is 2. The molecule has 3 N–H and O–H groups in total. The van der Waals surface area contributed by atoms with Gasteiger partial charge in [0.15, 0.2) is 0 Å². The lowest BCUT2D eigenvalue weighted by atomic mass is 10.2. The Labute approximate surface area is 112 Å². The highest BCUT2D eigenvalue weighted by Crippen LogP contribution is 2.26. The van der Waals surface area contributed by atoms with E-state index in [2.05, 4.69) is 37.2 Å². The Balaban J connectivity index is 2.56. The Morgan fingerprint density at radius 2 is 2.19 bits per heavy atom. The van der Waals surface area contributed by atoms with Gasteiger partial charge in [0.25, 0.3) is 0 Å². The summed E-state index contributed by atoms with van der Waals surface area (Å²) in [5.74, 6) is -0.0136. The monoisotopic (exact) mass is 348 g/mol. The van der Waals surface area contributed by atoms with E-state index in [0.29, 0.717) is 12.8 Å². The van der Waals surface area contributed by atoms with E-state index in [4.69, 9.17) is 5.73 Å². The van der Waals surface area contributed by atoms with Gasteiger partial charge in [0, 0.05) is 21.4 Å². The van der Waals surface area contributed by atoms with Gasteiger partial charge in [0.1, 0.15) is 0 Å². The Kier molecular flexibility index (Phi) is 5.44. The van der Waals surface area contributed by atoms with Gasteiger partial charge in [0.2, 0.25) is 5.91 Å². The molecule has 5 heteroatoms. The Morgan fingerprint density at radius 1 is 1.50 bits per heavy atom. The molecule has 3 nitrogen and oxygen atoms in total. The smallest absolute Gasteiger partial charge is 0.224 e. The highest BCUT2D eigenvalue weighted by atomic mass is 79.9. The standard InChI is InChI=1S/C11H14Br2N2O/c1-7(14)2-5-11(16)15-10-4-3-8(12)6-9(10)13/h3-4,6-7H,2,5,14H2,1H3,(H,15,16). The maximum absolute atomic E-state index is 11.6. The highest BCUT2D eigenvalue weighted by Gasteiger charge is 2.06. The van der Waals surface area contributed by atoms with Crippen molar-refractivity contribution in [3.8, 4) is 0 Å². The maximum Gasteiger partial charge on any atom is 0.224 e. The summed E-state index contributed by atoms with van der Waals surface area (Å²) in [7, 11) is 0. The van der Waals surface area contributed by atoms with E-state index < -0.39 is 0 Å². The van der Waals surface area contributed by atoms with Crippen molar-refractivity contribution >= 4 is 43.5 Å². The summed E-state index contributed by atoms with van der Waals surface area (Å²) >= 11 is 6.74. The number of halogens is 2. The zero-order valence-electron chi connectivity index (χ0n) is 8.97. The third kappa shape index (κ3) is 4.63. The van der Waals surface area contributed by atoms with E-state index in [1.807, 2.05) is 25.1 Å². The van der Waals surface area contributed by atoms with Crippen LogP contribution in [0.3, 0.4) is 0 Å². The molecule has 1 atom stereocenters. The average Bonchev–Trinajstić information content (AvgIpc) is 2.19. The summed E-state index contributed by atoms with van der Waals surface area (Å²) in [6, 6.07) is 5.67. The quantitative estimate of drug-likeness (QED) is 0.876. The number of carbonyl (C=O) groups is 1. The van der Waals surface area contributed by atoms with Crippen LogP contribution in [0.5, 0.6) is 0 Å². The molecular formula is C11H14Br2N2O. The number of carbonyl (C=O) groups excluding carboxylic acids is 1. The molecule has 16 heavy (non-hydrogen) atoms. The minimum absolute atomic E-state index is 0.0136. The molecule has 0 aliphatic carbocycles. The topological polar surface area (TPSA) is 55.1 Å². The van der Waals surface area contributed by atoms with Crippen molar-refractivity contribution in [2.24, 2.45) is 5.73 Å². The summed E-state index contributed by atoms with van der Waals surface area (Å²) < 4.78 is 1.82. The fourth-order valence-corrected chi connectivity index (χ4v) is 2.31. The van der Waals surface area contributed by atoms with Crippen LogP contribution in [0.2, 0.25) is 0 Å². The predicted octanol–water partition coefficient (Wildman–Crippen LogP) is 3.28. The van der Waals surface area contributed by atoms with Crippen molar-refractivity contribution in [3.05, 3.63) is 27.1 Å². The molecule has 0 aromatic heterocycles. The second-order valence-electron chi connectivity index (χ2n) is 3.69. The lowest BCUT2D eigenvalue weighted by Gasteiger charge is -2.08. The molecule has 0 aliphatic heterocycles. The maximum atomic E-state index is 11.6. The van der Waals surface area contributed by atoms with Crippen molar-refractivity contribution in [2.75, 3.05) is 5.32 Å². The van der Waals surface area contributed by atoms with E-state index in [9.17, 15) is 4.79 Å². The highest BCUT2D eigenvalue weighted by molar-refractivity contribution is 9.11. The molecule has 0 aliphatic rings. The Morgan fingerprint density at radius 3 is 2.75 bits per heavy atom. The van der Waals surface area contributed by atoms with Crippen LogP contribution in [-0.2, 0) is 4.79 Å². The molecule has 1 rings (SSSR count). The molecule has 1 amide bonds. The molecular weight excluding hydrogens is 336 g/mol. The van der Waals surface area contributed by atoms with Crippen LogP contribution in [0, 0.1) is 0 Å². The number of anilines is 1. The van der Waals surface area contributed by atoms with Crippen LogP contribution in [0.15, 0.2) is 27.1 Å². The number of hydrogen-bond donors (Lipinski definition) is 2. The van der Waals surface area contributed by atoms with Gasteiger partial charge in [0.05, 0.1) is 5.69 Å². The van der Waals surface area contributed by atoms with Gasteiger partial charge < -0.3 is 11.1 Å². The normalized spacial score (nSPS) is 12.2. The molecule has 1 aromatic rings. The molecule has 0 bridgehead atoms. The summed E-state index contributed by atoms with van der Waals surface area (Å²) in [5.41, 5.74) is 6.36. The lowest BCUT2D eigenvalue weighted by molar-refractivity contribution is -0.116. The van der Waals surface area contributed by atoms with Gasteiger partial charge in [-0.05, 0) is 47.5 Å². The van der Waals surface area contributed by atoms with Crippen molar-refractivity contribution in [3.63, 3.8) is 0 Å².